The topological polar surface area (TPSA) is 61.8 Å². The van der Waals surface area contributed by atoms with Crippen molar-refractivity contribution < 1.29 is 23.8 Å². The molecule has 0 fully saturated rings. The van der Waals surface area contributed by atoms with E-state index in [9.17, 15) is 9.59 Å². The molecule has 0 saturated carbocycles. The van der Waals surface area contributed by atoms with Gasteiger partial charge in [-0.05, 0) is 18.9 Å². The summed E-state index contributed by atoms with van der Waals surface area (Å²) in [6.07, 6.45) is 0.0128. The molecular formula is C15H20O5. The molecule has 110 valence electrons. The fraction of sp³-hybridized carbons (Fsp3) is 0.467. The third-order valence-corrected chi connectivity index (χ3v) is 2.63. The zero-order valence-corrected chi connectivity index (χ0v) is 11.8. The average molecular weight is 280 g/mol. The van der Waals surface area contributed by atoms with E-state index in [-0.39, 0.29) is 19.0 Å². The van der Waals surface area contributed by atoms with Crippen LogP contribution >= 0.6 is 0 Å². The Bertz CT molecular complexity index is 416. The molecule has 1 aromatic carbocycles. The van der Waals surface area contributed by atoms with Crippen molar-refractivity contribution in [3.8, 4) is 0 Å². The molecule has 0 aliphatic carbocycles. The van der Waals surface area contributed by atoms with Crippen LogP contribution < -0.4 is 0 Å². The summed E-state index contributed by atoms with van der Waals surface area (Å²) >= 11 is 0. The largest absolute Gasteiger partial charge is 0.467 e. The van der Waals surface area contributed by atoms with E-state index in [0.29, 0.717) is 13.0 Å². The van der Waals surface area contributed by atoms with Crippen molar-refractivity contribution in [3.63, 3.8) is 0 Å². The molecule has 20 heavy (non-hydrogen) atoms. The van der Waals surface area contributed by atoms with Crippen LogP contribution in [-0.2, 0) is 23.8 Å². The zero-order chi connectivity index (χ0) is 14.8. The van der Waals surface area contributed by atoms with Crippen LogP contribution in [0.2, 0.25) is 0 Å². The number of rotatable bonds is 8. The molecular weight excluding hydrogens is 260 g/mol. The minimum Gasteiger partial charge on any atom is -0.467 e. The van der Waals surface area contributed by atoms with Gasteiger partial charge in [0.1, 0.15) is 0 Å². The van der Waals surface area contributed by atoms with Crippen molar-refractivity contribution in [2.24, 2.45) is 0 Å². The highest BCUT2D eigenvalue weighted by atomic mass is 16.6. The SMILES string of the molecule is CCOC(=O)CCCOC(C(=O)OC)c1ccccc1. The lowest BCUT2D eigenvalue weighted by Crippen LogP contribution is -2.18. The summed E-state index contributed by atoms with van der Waals surface area (Å²) < 4.78 is 15.1. The Morgan fingerprint density at radius 2 is 1.90 bits per heavy atom. The van der Waals surface area contributed by atoms with Crippen molar-refractivity contribution in [1.82, 2.24) is 0 Å². The molecule has 5 nitrogen and oxygen atoms in total. The Morgan fingerprint density at radius 1 is 1.20 bits per heavy atom. The number of hydrogen-bond acceptors (Lipinski definition) is 5. The van der Waals surface area contributed by atoms with Gasteiger partial charge in [0.15, 0.2) is 6.10 Å². The first kappa shape index (κ1) is 16.2. The molecule has 0 aliphatic rings. The van der Waals surface area contributed by atoms with E-state index in [4.69, 9.17) is 14.2 Å². The van der Waals surface area contributed by atoms with Gasteiger partial charge in [-0.25, -0.2) is 4.79 Å². The molecule has 0 aliphatic heterocycles. The maximum atomic E-state index is 11.7. The van der Waals surface area contributed by atoms with Crippen molar-refractivity contribution in [2.45, 2.75) is 25.9 Å². The second-order valence-electron chi connectivity index (χ2n) is 4.09. The number of carbonyl (C=O) groups is 2. The van der Waals surface area contributed by atoms with E-state index in [1.165, 1.54) is 7.11 Å². The predicted molar refractivity (Wildman–Crippen MR) is 73.0 cm³/mol. The molecule has 0 radical (unpaired) electrons. The van der Waals surface area contributed by atoms with Gasteiger partial charge in [-0.1, -0.05) is 30.3 Å². The minimum atomic E-state index is -0.761. The molecule has 1 unspecified atom stereocenters. The number of esters is 2. The van der Waals surface area contributed by atoms with Gasteiger partial charge < -0.3 is 14.2 Å². The van der Waals surface area contributed by atoms with Crippen molar-refractivity contribution in [2.75, 3.05) is 20.3 Å². The number of methoxy groups -OCH3 is 1. The first-order valence-corrected chi connectivity index (χ1v) is 6.59. The Hall–Kier alpha value is -1.88. The molecule has 0 aromatic heterocycles. The van der Waals surface area contributed by atoms with Crippen molar-refractivity contribution >= 4 is 11.9 Å². The third kappa shape index (κ3) is 5.40. The Labute approximate surface area is 118 Å². The van der Waals surface area contributed by atoms with Crippen LogP contribution in [0.4, 0.5) is 0 Å². The van der Waals surface area contributed by atoms with Gasteiger partial charge in [-0.2, -0.15) is 0 Å². The van der Waals surface area contributed by atoms with Gasteiger partial charge in [0.05, 0.1) is 13.7 Å². The molecule has 0 saturated heterocycles. The summed E-state index contributed by atoms with van der Waals surface area (Å²) in [6, 6.07) is 9.11. The number of ether oxygens (including phenoxy) is 3. The third-order valence-electron chi connectivity index (χ3n) is 2.63. The first-order valence-electron chi connectivity index (χ1n) is 6.59. The molecule has 0 amide bonds. The smallest absolute Gasteiger partial charge is 0.339 e. The van der Waals surface area contributed by atoms with Crippen LogP contribution in [0.25, 0.3) is 0 Å². The van der Waals surface area contributed by atoms with Gasteiger partial charge in [0, 0.05) is 13.0 Å². The van der Waals surface area contributed by atoms with E-state index in [1.807, 2.05) is 18.2 Å². The fourth-order valence-corrected chi connectivity index (χ4v) is 1.69. The Kier molecular flexibility index (Phi) is 7.35. The number of benzene rings is 1. The molecule has 1 rings (SSSR count). The second kappa shape index (κ2) is 9.09. The highest BCUT2D eigenvalue weighted by Crippen LogP contribution is 2.19. The highest BCUT2D eigenvalue weighted by molar-refractivity contribution is 5.76. The summed E-state index contributed by atoms with van der Waals surface area (Å²) in [5.74, 6) is -0.710. The molecule has 0 heterocycles. The zero-order valence-electron chi connectivity index (χ0n) is 11.8. The summed E-state index contributed by atoms with van der Waals surface area (Å²) in [7, 11) is 1.32. The number of carbonyl (C=O) groups excluding carboxylic acids is 2. The number of hydrogen-bond donors (Lipinski definition) is 0. The Morgan fingerprint density at radius 3 is 2.50 bits per heavy atom. The lowest BCUT2D eigenvalue weighted by atomic mass is 10.1. The average Bonchev–Trinajstić information content (AvgIpc) is 2.48. The van der Waals surface area contributed by atoms with Gasteiger partial charge in [-0.3, -0.25) is 4.79 Å². The van der Waals surface area contributed by atoms with Gasteiger partial charge in [-0.15, -0.1) is 0 Å². The maximum Gasteiger partial charge on any atom is 0.339 e. The van der Waals surface area contributed by atoms with E-state index < -0.39 is 12.1 Å². The first-order chi connectivity index (χ1) is 9.69. The van der Waals surface area contributed by atoms with Gasteiger partial charge in [0.25, 0.3) is 0 Å². The van der Waals surface area contributed by atoms with Crippen molar-refractivity contribution in [3.05, 3.63) is 35.9 Å². The molecule has 0 spiro atoms. The molecule has 5 heteroatoms. The summed E-state index contributed by atoms with van der Waals surface area (Å²) in [6.45, 7) is 2.42. The lowest BCUT2D eigenvalue weighted by molar-refractivity contribution is -0.155. The van der Waals surface area contributed by atoms with Gasteiger partial charge >= 0.3 is 11.9 Å². The highest BCUT2D eigenvalue weighted by Gasteiger charge is 2.21. The van der Waals surface area contributed by atoms with Crippen LogP contribution in [-0.4, -0.2) is 32.3 Å². The standard InChI is InChI=1S/C15H20O5/c1-3-19-13(16)10-7-11-20-14(15(17)18-2)12-8-5-4-6-9-12/h4-6,8-9,14H,3,7,10-11H2,1-2H3. The predicted octanol–water partition coefficient (Wildman–Crippen LogP) is 2.26. The summed E-state index contributed by atoms with van der Waals surface area (Å²) in [5, 5.41) is 0. The second-order valence-corrected chi connectivity index (χ2v) is 4.09. The summed E-state index contributed by atoms with van der Waals surface area (Å²) in [4.78, 5) is 22.9. The molecule has 1 atom stereocenters. The van der Waals surface area contributed by atoms with E-state index in [0.717, 1.165) is 5.56 Å². The van der Waals surface area contributed by atoms with E-state index in [1.54, 1.807) is 19.1 Å². The van der Waals surface area contributed by atoms with Gasteiger partial charge in [0.2, 0.25) is 0 Å². The minimum absolute atomic E-state index is 0.259. The summed E-state index contributed by atoms with van der Waals surface area (Å²) in [5.41, 5.74) is 0.732. The fourth-order valence-electron chi connectivity index (χ4n) is 1.69. The maximum absolute atomic E-state index is 11.7. The normalized spacial score (nSPS) is 11.7. The van der Waals surface area contributed by atoms with Crippen molar-refractivity contribution in [1.29, 1.82) is 0 Å². The quantitative estimate of drug-likeness (QED) is 0.540. The molecule has 0 bridgehead atoms. The van der Waals surface area contributed by atoms with Crippen LogP contribution in [0.1, 0.15) is 31.4 Å². The van der Waals surface area contributed by atoms with Crippen LogP contribution in [0.15, 0.2) is 30.3 Å². The van der Waals surface area contributed by atoms with E-state index in [2.05, 4.69) is 0 Å². The van der Waals surface area contributed by atoms with E-state index >= 15 is 0 Å². The van der Waals surface area contributed by atoms with Crippen LogP contribution in [0.3, 0.4) is 0 Å². The van der Waals surface area contributed by atoms with Crippen LogP contribution in [0.5, 0.6) is 0 Å². The van der Waals surface area contributed by atoms with Crippen LogP contribution in [0, 0.1) is 0 Å². The molecule has 0 N–H and O–H groups in total. The monoisotopic (exact) mass is 280 g/mol. The lowest BCUT2D eigenvalue weighted by Gasteiger charge is -2.15. The molecule has 1 aromatic rings. The Balaban J connectivity index is 2.47.